The number of amides is 1. The molecule has 0 aromatic heterocycles. The van der Waals surface area contributed by atoms with Crippen LogP contribution in [0.25, 0.3) is 0 Å². The zero-order valence-electron chi connectivity index (χ0n) is 14.7. The van der Waals surface area contributed by atoms with Crippen molar-refractivity contribution in [2.45, 2.75) is 32.1 Å². The zero-order chi connectivity index (χ0) is 19.5. The molecule has 0 aliphatic rings. The number of ether oxygens (including phenoxy) is 1. The Labute approximate surface area is 157 Å². The molecule has 0 fully saturated rings. The van der Waals surface area contributed by atoms with E-state index in [9.17, 15) is 14.4 Å². The minimum atomic E-state index is -1.15. The Morgan fingerprint density at radius 1 is 0.963 bits per heavy atom. The van der Waals surface area contributed by atoms with E-state index in [1.807, 2.05) is 48.5 Å². The first-order valence-electron chi connectivity index (χ1n) is 8.43. The summed E-state index contributed by atoms with van der Waals surface area (Å²) in [5.74, 6) is -1.80. The Morgan fingerprint density at radius 3 is 2.04 bits per heavy atom. The molecule has 7 nitrogen and oxygen atoms in total. The minimum absolute atomic E-state index is 0.0224. The number of benzene rings is 2. The van der Waals surface area contributed by atoms with E-state index in [2.05, 4.69) is 0 Å². The lowest BCUT2D eigenvalue weighted by Crippen LogP contribution is -2.41. The average molecular weight is 371 g/mol. The van der Waals surface area contributed by atoms with E-state index < -0.39 is 18.0 Å². The van der Waals surface area contributed by atoms with Gasteiger partial charge in [0, 0.05) is 6.42 Å². The van der Waals surface area contributed by atoms with Crippen LogP contribution in [0, 0.1) is 0 Å². The lowest BCUT2D eigenvalue weighted by atomic mass is 10.1. The van der Waals surface area contributed by atoms with Crippen molar-refractivity contribution in [3.8, 4) is 0 Å². The van der Waals surface area contributed by atoms with Gasteiger partial charge in [0.05, 0.1) is 0 Å². The third-order valence-electron chi connectivity index (χ3n) is 3.76. The number of carboxylic acid groups (broad SMARTS) is 1. The van der Waals surface area contributed by atoms with Crippen LogP contribution in [0.4, 0.5) is 0 Å². The van der Waals surface area contributed by atoms with Crippen LogP contribution in [-0.2, 0) is 37.2 Å². The van der Waals surface area contributed by atoms with Crippen molar-refractivity contribution < 1.29 is 29.1 Å². The van der Waals surface area contributed by atoms with Gasteiger partial charge in [0.2, 0.25) is 6.41 Å². The number of carboxylic acids is 1. The molecule has 1 amide bonds. The van der Waals surface area contributed by atoms with Gasteiger partial charge in [0.15, 0.2) is 6.04 Å². The number of aliphatic carboxylic acids is 1. The SMILES string of the molecule is O=CN(OCc1ccccc1)[C@@H](CCC(=O)O)C(=O)OCc1ccccc1. The molecule has 0 saturated heterocycles. The molecule has 2 aromatic rings. The fourth-order valence-corrected chi connectivity index (χ4v) is 2.35. The first-order chi connectivity index (χ1) is 13.1. The molecule has 0 spiro atoms. The quantitative estimate of drug-likeness (QED) is 0.371. The molecule has 0 bridgehead atoms. The van der Waals surface area contributed by atoms with Crippen molar-refractivity contribution >= 4 is 18.3 Å². The van der Waals surface area contributed by atoms with E-state index in [1.54, 1.807) is 12.1 Å². The molecule has 0 saturated carbocycles. The van der Waals surface area contributed by atoms with Gasteiger partial charge >= 0.3 is 11.9 Å². The molecule has 0 heterocycles. The van der Waals surface area contributed by atoms with Gasteiger partial charge in [-0.1, -0.05) is 60.7 Å². The van der Waals surface area contributed by atoms with Crippen LogP contribution in [0.15, 0.2) is 60.7 Å². The van der Waals surface area contributed by atoms with Gasteiger partial charge < -0.3 is 9.84 Å². The van der Waals surface area contributed by atoms with Crippen molar-refractivity contribution in [2.75, 3.05) is 0 Å². The van der Waals surface area contributed by atoms with Crippen molar-refractivity contribution in [3.05, 3.63) is 71.8 Å². The Bertz CT molecular complexity index is 735. The van der Waals surface area contributed by atoms with Gasteiger partial charge in [-0.2, -0.15) is 0 Å². The first-order valence-corrected chi connectivity index (χ1v) is 8.43. The van der Waals surface area contributed by atoms with Gasteiger partial charge in [0.1, 0.15) is 13.2 Å². The molecule has 142 valence electrons. The predicted molar refractivity (Wildman–Crippen MR) is 96.0 cm³/mol. The van der Waals surface area contributed by atoms with Crippen molar-refractivity contribution in [3.63, 3.8) is 0 Å². The normalized spacial score (nSPS) is 11.4. The molecular weight excluding hydrogens is 350 g/mol. The van der Waals surface area contributed by atoms with Gasteiger partial charge in [-0.25, -0.2) is 9.86 Å². The first kappa shape index (κ1) is 20.1. The molecule has 0 aliphatic heterocycles. The second-order valence-electron chi connectivity index (χ2n) is 5.77. The fourth-order valence-electron chi connectivity index (χ4n) is 2.35. The number of hydrogen-bond donors (Lipinski definition) is 1. The number of carbonyl (C=O) groups excluding carboxylic acids is 2. The van der Waals surface area contributed by atoms with Gasteiger partial charge in [-0.05, 0) is 17.5 Å². The highest BCUT2D eigenvalue weighted by atomic mass is 16.7. The molecule has 0 radical (unpaired) electrons. The lowest BCUT2D eigenvalue weighted by Gasteiger charge is -2.25. The standard InChI is InChI=1S/C20H21NO6/c22-15-21(27-14-17-9-5-2-6-10-17)18(11-12-19(23)24)20(25)26-13-16-7-3-1-4-8-16/h1-10,15,18H,11-14H2,(H,23,24)/t18-/m0/s1. The van der Waals surface area contributed by atoms with Crippen molar-refractivity contribution in [1.29, 1.82) is 0 Å². The van der Waals surface area contributed by atoms with Crippen LogP contribution < -0.4 is 0 Å². The van der Waals surface area contributed by atoms with E-state index in [1.165, 1.54) is 0 Å². The van der Waals surface area contributed by atoms with Crippen LogP contribution in [0.1, 0.15) is 24.0 Å². The molecule has 7 heteroatoms. The van der Waals surface area contributed by atoms with Crippen LogP contribution in [-0.4, -0.2) is 34.6 Å². The number of nitrogens with zero attached hydrogens (tertiary/aromatic N) is 1. The summed E-state index contributed by atoms with van der Waals surface area (Å²) in [4.78, 5) is 40.2. The number of rotatable bonds is 11. The number of carbonyl (C=O) groups is 3. The molecule has 2 rings (SSSR count). The van der Waals surface area contributed by atoms with Crippen molar-refractivity contribution in [1.82, 2.24) is 5.06 Å². The third kappa shape index (κ3) is 6.91. The van der Waals surface area contributed by atoms with E-state index in [0.717, 1.165) is 16.2 Å². The fraction of sp³-hybridized carbons (Fsp3) is 0.250. The largest absolute Gasteiger partial charge is 0.481 e. The highest BCUT2D eigenvalue weighted by Gasteiger charge is 2.28. The molecular formula is C20H21NO6. The number of esters is 1. The van der Waals surface area contributed by atoms with Crippen LogP contribution in [0.3, 0.4) is 0 Å². The monoisotopic (exact) mass is 371 g/mol. The Hall–Kier alpha value is -3.19. The zero-order valence-corrected chi connectivity index (χ0v) is 14.7. The van der Waals surface area contributed by atoms with E-state index in [4.69, 9.17) is 14.7 Å². The average Bonchev–Trinajstić information content (AvgIpc) is 2.70. The van der Waals surface area contributed by atoms with Gasteiger partial charge in [-0.15, -0.1) is 0 Å². The maximum Gasteiger partial charge on any atom is 0.331 e. The Morgan fingerprint density at radius 2 is 1.52 bits per heavy atom. The third-order valence-corrected chi connectivity index (χ3v) is 3.76. The summed E-state index contributed by atoms with van der Waals surface area (Å²) >= 11 is 0. The highest BCUT2D eigenvalue weighted by molar-refractivity contribution is 5.78. The van der Waals surface area contributed by atoms with Gasteiger partial charge in [0.25, 0.3) is 0 Å². The summed E-state index contributed by atoms with van der Waals surface area (Å²) < 4.78 is 5.24. The maximum atomic E-state index is 12.4. The molecule has 1 atom stereocenters. The van der Waals surface area contributed by atoms with E-state index >= 15 is 0 Å². The number of hydroxylamine groups is 2. The maximum absolute atomic E-state index is 12.4. The molecule has 0 aliphatic carbocycles. The summed E-state index contributed by atoms with van der Waals surface area (Å²) in [6.07, 6.45) is -0.0557. The Balaban J connectivity index is 2.01. The molecule has 0 unspecified atom stereocenters. The molecule has 1 N–H and O–H groups in total. The summed E-state index contributed by atoms with van der Waals surface area (Å²) in [5, 5.41) is 9.74. The lowest BCUT2D eigenvalue weighted by molar-refractivity contribution is -0.204. The highest BCUT2D eigenvalue weighted by Crippen LogP contribution is 2.13. The second kappa shape index (κ2) is 10.7. The summed E-state index contributed by atoms with van der Waals surface area (Å²) in [6.45, 7) is 0.0870. The topological polar surface area (TPSA) is 93.1 Å². The second-order valence-corrected chi connectivity index (χ2v) is 5.77. The smallest absolute Gasteiger partial charge is 0.331 e. The van der Waals surface area contributed by atoms with E-state index in [-0.39, 0.29) is 26.1 Å². The summed E-state index contributed by atoms with van der Waals surface area (Å²) in [7, 11) is 0. The Kier molecular flexibility index (Phi) is 7.99. The molecule has 2 aromatic carbocycles. The van der Waals surface area contributed by atoms with Crippen LogP contribution >= 0.6 is 0 Å². The predicted octanol–water partition coefficient (Wildman–Crippen LogP) is 2.55. The van der Waals surface area contributed by atoms with E-state index in [0.29, 0.717) is 6.41 Å². The summed E-state index contributed by atoms with van der Waals surface area (Å²) in [6, 6.07) is 17.0. The van der Waals surface area contributed by atoms with Crippen molar-refractivity contribution in [2.24, 2.45) is 0 Å². The van der Waals surface area contributed by atoms with Crippen LogP contribution in [0.2, 0.25) is 0 Å². The van der Waals surface area contributed by atoms with Gasteiger partial charge in [-0.3, -0.25) is 14.4 Å². The number of hydrogen-bond acceptors (Lipinski definition) is 5. The van der Waals surface area contributed by atoms with Crippen LogP contribution in [0.5, 0.6) is 0 Å². The molecule has 27 heavy (non-hydrogen) atoms. The summed E-state index contributed by atoms with van der Waals surface area (Å²) in [5.41, 5.74) is 1.59. The minimum Gasteiger partial charge on any atom is -0.481 e.